The Bertz CT molecular complexity index is 1160. The first-order valence-corrected chi connectivity index (χ1v) is 11.4. The molecule has 1 N–H and O–H groups in total. The number of nitrogens with one attached hydrogen (secondary N) is 1. The van der Waals surface area contributed by atoms with Gasteiger partial charge in [0.1, 0.15) is 0 Å². The second kappa shape index (κ2) is 7.65. The average Bonchev–Trinajstić information content (AvgIpc) is 3.04. The van der Waals surface area contributed by atoms with E-state index in [-0.39, 0.29) is 16.8 Å². The maximum absolute atomic E-state index is 13.0. The first kappa shape index (κ1) is 19.7. The van der Waals surface area contributed by atoms with Crippen molar-refractivity contribution in [2.75, 3.05) is 9.62 Å². The van der Waals surface area contributed by atoms with Crippen LogP contribution in [0.25, 0.3) is 0 Å². The molecule has 0 unspecified atom stereocenters. The second-order valence-electron chi connectivity index (χ2n) is 7.00. The molecule has 0 spiro atoms. The summed E-state index contributed by atoms with van der Waals surface area (Å²) in [4.78, 5) is 14.9. The second-order valence-corrected chi connectivity index (χ2v) is 9.60. The lowest BCUT2D eigenvalue weighted by Gasteiger charge is -2.23. The zero-order chi connectivity index (χ0) is 20.6. The van der Waals surface area contributed by atoms with Crippen LogP contribution in [0.4, 0.5) is 11.4 Å². The van der Waals surface area contributed by atoms with Crippen molar-refractivity contribution in [1.82, 2.24) is 0 Å². The van der Waals surface area contributed by atoms with Crippen molar-refractivity contribution in [2.24, 2.45) is 0 Å². The van der Waals surface area contributed by atoms with Crippen LogP contribution in [0, 0.1) is 0 Å². The molecule has 1 atom stereocenters. The summed E-state index contributed by atoms with van der Waals surface area (Å²) in [5.74, 6) is -0.0829. The summed E-state index contributed by atoms with van der Waals surface area (Å²) in [5, 5.41) is 0. The summed E-state index contributed by atoms with van der Waals surface area (Å²) in [6.45, 7) is 1.97. The highest BCUT2D eigenvalue weighted by atomic mass is 79.9. The molecule has 0 saturated heterocycles. The predicted octanol–water partition coefficient (Wildman–Crippen LogP) is 4.84. The Morgan fingerprint density at radius 2 is 1.72 bits per heavy atom. The summed E-state index contributed by atoms with van der Waals surface area (Å²) >= 11 is 3.33. The number of carbonyl (C=O) groups is 1. The molecule has 0 aliphatic carbocycles. The van der Waals surface area contributed by atoms with Crippen molar-refractivity contribution in [3.05, 3.63) is 88.4 Å². The fourth-order valence-corrected chi connectivity index (χ4v) is 4.91. The van der Waals surface area contributed by atoms with E-state index in [0.29, 0.717) is 17.7 Å². The number of hydrogen-bond acceptors (Lipinski definition) is 3. The molecule has 1 amide bonds. The Morgan fingerprint density at radius 3 is 2.41 bits per heavy atom. The Balaban J connectivity index is 1.63. The zero-order valence-electron chi connectivity index (χ0n) is 15.7. The number of hydrogen-bond donors (Lipinski definition) is 1. The number of fused-ring (bicyclic) bond motifs is 1. The topological polar surface area (TPSA) is 66.5 Å². The van der Waals surface area contributed by atoms with E-state index in [9.17, 15) is 13.2 Å². The number of amides is 1. The molecule has 1 aliphatic heterocycles. The molecule has 1 aliphatic rings. The Kier molecular flexibility index (Phi) is 5.19. The molecule has 0 radical (unpaired) electrons. The molecule has 3 aromatic rings. The van der Waals surface area contributed by atoms with E-state index >= 15 is 0 Å². The Morgan fingerprint density at radius 1 is 1.03 bits per heavy atom. The smallest absolute Gasteiger partial charge is 0.261 e. The molecule has 4 rings (SSSR count). The van der Waals surface area contributed by atoms with Crippen molar-refractivity contribution in [1.29, 1.82) is 0 Å². The molecule has 3 aromatic carbocycles. The van der Waals surface area contributed by atoms with Crippen LogP contribution < -0.4 is 9.62 Å². The summed E-state index contributed by atoms with van der Waals surface area (Å²) in [6, 6.07) is 20.9. The van der Waals surface area contributed by atoms with Gasteiger partial charge in [0, 0.05) is 27.5 Å². The van der Waals surface area contributed by atoms with Gasteiger partial charge in [-0.1, -0.05) is 34.1 Å². The first-order chi connectivity index (χ1) is 13.8. The molecule has 0 aromatic heterocycles. The maximum Gasteiger partial charge on any atom is 0.261 e. The van der Waals surface area contributed by atoms with Gasteiger partial charge < -0.3 is 4.90 Å². The van der Waals surface area contributed by atoms with Crippen LogP contribution >= 0.6 is 15.9 Å². The summed E-state index contributed by atoms with van der Waals surface area (Å²) < 4.78 is 29.1. The molecular formula is C22H19BrN2O3S. The van der Waals surface area contributed by atoms with Crippen molar-refractivity contribution < 1.29 is 13.2 Å². The first-order valence-electron chi connectivity index (χ1n) is 9.15. The third-order valence-corrected chi connectivity index (χ3v) is 6.82. The van der Waals surface area contributed by atoms with Gasteiger partial charge in [-0.2, -0.15) is 0 Å². The fourth-order valence-electron chi connectivity index (χ4n) is 3.54. The van der Waals surface area contributed by atoms with Gasteiger partial charge in [-0.3, -0.25) is 9.52 Å². The van der Waals surface area contributed by atoms with E-state index in [2.05, 4.69) is 20.7 Å². The van der Waals surface area contributed by atoms with E-state index < -0.39 is 10.0 Å². The van der Waals surface area contributed by atoms with E-state index in [4.69, 9.17) is 0 Å². The van der Waals surface area contributed by atoms with Gasteiger partial charge in [0.05, 0.1) is 4.90 Å². The highest BCUT2D eigenvalue weighted by Crippen LogP contribution is 2.35. The van der Waals surface area contributed by atoms with Gasteiger partial charge in [0.15, 0.2) is 0 Å². The lowest BCUT2D eigenvalue weighted by atomic mass is 10.1. The highest BCUT2D eigenvalue weighted by molar-refractivity contribution is 9.10. The quantitative estimate of drug-likeness (QED) is 0.592. The Labute approximate surface area is 178 Å². The van der Waals surface area contributed by atoms with E-state index in [1.165, 1.54) is 0 Å². The molecule has 7 heteroatoms. The molecule has 0 fully saturated rings. The lowest BCUT2D eigenvalue weighted by molar-refractivity contribution is 0.0981. The van der Waals surface area contributed by atoms with Crippen molar-refractivity contribution in [2.45, 2.75) is 24.3 Å². The number of halogens is 1. The number of rotatable bonds is 4. The van der Waals surface area contributed by atoms with Crippen molar-refractivity contribution in [3.63, 3.8) is 0 Å². The van der Waals surface area contributed by atoms with Gasteiger partial charge in [0.2, 0.25) is 0 Å². The number of benzene rings is 3. The third-order valence-electron chi connectivity index (χ3n) is 4.91. The fraction of sp³-hybridized carbons (Fsp3) is 0.136. The lowest BCUT2D eigenvalue weighted by Crippen LogP contribution is -2.35. The standard InChI is InChI=1S/C22H19BrN2O3S/c1-15-13-17-14-20(29(27,28)24-19-9-7-18(23)8-10-19)11-12-21(17)25(15)22(26)16-5-3-2-4-6-16/h2-12,14-15,24H,13H2,1H3/t15-/m0/s1. The zero-order valence-corrected chi connectivity index (χ0v) is 18.1. The maximum atomic E-state index is 13.0. The molecular weight excluding hydrogens is 452 g/mol. The van der Waals surface area contributed by atoms with Crippen LogP contribution in [0.1, 0.15) is 22.8 Å². The predicted molar refractivity (Wildman–Crippen MR) is 118 cm³/mol. The van der Waals surface area contributed by atoms with E-state index in [1.807, 2.05) is 25.1 Å². The van der Waals surface area contributed by atoms with Crippen LogP contribution in [0.2, 0.25) is 0 Å². The minimum Gasteiger partial charge on any atom is -0.305 e. The highest BCUT2D eigenvalue weighted by Gasteiger charge is 2.32. The number of sulfonamides is 1. The van der Waals surface area contributed by atoms with Crippen LogP contribution in [-0.4, -0.2) is 20.4 Å². The third kappa shape index (κ3) is 3.93. The molecule has 148 valence electrons. The number of carbonyl (C=O) groups excluding carboxylic acids is 1. The summed E-state index contributed by atoms with van der Waals surface area (Å²) in [5.41, 5.74) is 2.71. The van der Waals surface area contributed by atoms with Gasteiger partial charge in [-0.25, -0.2) is 8.42 Å². The monoisotopic (exact) mass is 470 g/mol. The summed E-state index contributed by atoms with van der Waals surface area (Å²) in [6.07, 6.45) is 0.607. The molecule has 0 saturated carbocycles. The van der Waals surface area contributed by atoms with Gasteiger partial charge in [0.25, 0.3) is 15.9 Å². The van der Waals surface area contributed by atoms with Crippen molar-refractivity contribution >= 4 is 43.2 Å². The van der Waals surface area contributed by atoms with Crippen molar-refractivity contribution in [3.8, 4) is 0 Å². The van der Waals surface area contributed by atoms with Crippen LogP contribution in [-0.2, 0) is 16.4 Å². The van der Waals surface area contributed by atoms with Gasteiger partial charge >= 0.3 is 0 Å². The van der Waals surface area contributed by atoms with Gasteiger partial charge in [-0.15, -0.1) is 0 Å². The number of anilines is 2. The minimum atomic E-state index is -3.72. The normalized spacial score (nSPS) is 15.8. The molecule has 29 heavy (non-hydrogen) atoms. The van der Waals surface area contributed by atoms with Gasteiger partial charge in [-0.05, 0) is 73.5 Å². The number of nitrogens with zero attached hydrogens (tertiary/aromatic N) is 1. The van der Waals surface area contributed by atoms with E-state index in [0.717, 1.165) is 15.7 Å². The largest absolute Gasteiger partial charge is 0.305 e. The Hall–Kier alpha value is -2.64. The minimum absolute atomic E-state index is 0.0462. The van der Waals surface area contributed by atoms with Crippen LogP contribution in [0.5, 0.6) is 0 Å². The molecule has 1 heterocycles. The average molecular weight is 471 g/mol. The van der Waals surface area contributed by atoms with E-state index in [1.54, 1.807) is 59.5 Å². The summed E-state index contributed by atoms with van der Waals surface area (Å²) in [7, 11) is -3.72. The molecule has 5 nitrogen and oxygen atoms in total. The molecule has 0 bridgehead atoms. The SMILES string of the molecule is C[C@H]1Cc2cc(S(=O)(=O)Nc3ccc(Br)cc3)ccc2N1C(=O)c1ccccc1. The van der Waals surface area contributed by atoms with Crippen LogP contribution in [0.15, 0.2) is 82.2 Å². The van der Waals surface area contributed by atoms with Crippen LogP contribution in [0.3, 0.4) is 0 Å².